The molecule has 5 nitrogen and oxygen atoms in total. The summed E-state index contributed by atoms with van der Waals surface area (Å²) >= 11 is 0. The summed E-state index contributed by atoms with van der Waals surface area (Å²) in [5, 5.41) is 0. The van der Waals surface area contributed by atoms with Gasteiger partial charge in [0.2, 0.25) is 0 Å². The van der Waals surface area contributed by atoms with Gasteiger partial charge in [0.25, 0.3) is 0 Å². The van der Waals surface area contributed by atoms with Crippen LogP contribution in [-0.4, -0.2) is 31.7 Å². The van der Waals surface area contributed by atoms with Gasteiger partial charge in [-0.2, -0.15) is 0 Å². The fraction of sp³-hybridized carbons (Fsp3) is 0.400. The SMILES string of the molecule is COc1ccc(CC[NH3+])cc1OC.O.O.[Cl-]. The van der Waals surface area contributed by atoms with Gasteiger partial charge in [0.15, 0.2) is 11.5 Å². The predicted molar refractivity (Wildman–Crippen MR) is 58.2 cm³/mol. The van der Waals surface area contributed by atoms with Crippen molar-refractivity contribution in [1.29, 1.82) is 0 Å². The Balaban J connectivity index is -0.000000563. The molecular weight excluding hydrogens is 234 g/mol. The predicted octanol–water partition coefficient (Wildman–Crippen LogP) is -4.16. The highest BCUT2D eigenvalue weighted by Gasteiger charge is 2.03. The van der Waals surface area contributed by atoms with Crippen molar-refractivity contribution in [3.05, 3.63) is 23.8 Å². The van der Waals surface area contributed by atoms with Gasteiger partial charge in [-0.1, -0.05) is 6.07 Å². The van der Waals surface area contributed by atoms with Gasteiger partial charge in [-0.05, 0) is 17.7 Å². The van der Waals surface area contributed by atoms with E-state index in [0.717, 1.165) is 24.5 Å². The zero-order valence-electron chi connectivity index (χ0n) is 9.55. The highest BCUT2D eigenvalue weighted by molar-refractivity contribution is 5.42. The molecule has 16 heavy (non-hydrogen) atoms. The molecule has 0 spiro atoms. The number of halogens is 1. The maximum absolute atomic E-state index is 5.18. The Labute approximate surface area is 102 Å². The molecule has 0 aliphatic carbocycles. The standard InChI is InChI=1S/C10H15NO2.ClH.2H2O/c1-12-9-4-3-8(5-6-11)7-10(9)13-2;;;/h3-4,7H,5-6,11H2,1-2H3;1H;2*1H2. The topological polar surface area (TPSA) is 109 Å². The molecule has 0 amide bonds. The van der Waals surface area contributed by atoms with E-state index < -0.39 is 0 Å². The third-order valence-electron chi connectivity index (χ3n) is 1.91. The van der Waals surface area contributed by atoms with Crippen molar-refractivity contribution in [2.24, 2.45) is 0 Å². The minimum Gasteiger partial charge on any atom is -1.00 e. The lowest BCUT2D eigenvalue weighted by molar-refractivity contribution is -0.366. The van der Waals surface area contributed by atoms with Gasteiger partial charge in [0.1, 0.15) is 0 Å². The summed E-state index contributed by atoms with van der Waals surface area (Å²) in [5.41, 5.74) is 5.04. The van der Waals surface area contributed by atoms with Gasteiger partial charge >= 0.3 is 0 Å². The highest BCUT2D eigenvalue weighted by Crippen LogP contribution is 2.27. The van der Waals surface area contributed by atoms with Gasteiger partial charge < -0.3 is 38.6 Å². The molecule has 1 aromatic carbocycles. The number of ether oxygens (including phenoxy) is 2. The summed E-state index contributed by atoms with van der Waals surface area (Å²) in [6, 6.07) is 5.94. The molecule has 1 rings (SSSR count). The molecule has 0 aliphatic rings. The first kappa shape index (κ1) is 20.4. The smallest absolute Gasteiger partial charge is 0.160 e. The highest BCUT2D eigenvalue weighted by atomic mass is 35.5. The van der Waals surface area contributed by atoms with E-state index in [9.17, 15) is 0 Å². The van der Waals surface area contributed by atoms with Crippen LogP contribution in [0.5, 0.6) is 11.5 Å². The normalized spacial score (nSPS) is 7.94. The second-order valence-electron chi connectivity index (χ2n) is 2.79. The minimum absolute atomic E-state index is 0. The molecule has 0 aliphatic heterocycles. The molecule has 0 aromatic heterocycles. The van der Waals surface area contributed by atoms with Crippen LogP contribution in [-0.2, 0) is 6.42 Å². The Hall–Kier alpha value is -1.01. The summed E-state index contributed by atoms with van der Waals surface area (Å²) in [6.45, 7) is 0.898. The summed E-state index contributed by atoms with van der Waals surface area (Å²) in [6.07, 6.45) is 0.973. The first-order valence-corrected chi connectivity index (χ1v) is 4.32. The van der Waals surface area contributed by atoms with Crippen molar-refractivity contribution < 1.29 is 38.6 Å². The molecular formula is C10H20ClNO4. The Morgan fingerprint density at radius 1 is 1.06 bits per heavy atom. The fourth-order valence-corrected chi connectivity index (χ4v) is 1.24. The largest absolute Gasteiger partial charge is 1.00 e. The van der Waals surface area contributed by atoms with Gasteiger partial charge in [0, 0.05) is 6.42 Å². The molecule has 0 saturated carbocycles. The van der Waals surface area contributed by atoms with Crippen LogP contribution < -0.4 is 27.6 Å². The number of hydrogen-bond acceptors (Lipinski definition) is 2. The third kappa shape index (κ3) is 5.18. The Morgan fingerprint density at radius 2 is 1.62 bits per heavy atom. The van der Waals surface area contributed by atoms with Crippen LogP contribution in [0.15, 0.2) is 18.2 Å². The zero-order valence-corrected chi connectivity index (χ0v) is 10.3. The van der Waals surface area contributed by atoms with E-state index in [1.54, 1.807) is 14.2 Å². The van der Waals surface area contributed by atoms with Gasteiger partial charge in [-0.3, -0.25) is 0 Å². The average Bonchev–Trinajstić information content (AvgIpc) is 2.18. The number of quaternary nitrogens is 1. The van der Waals surface area contributed by atoms with E-state index in [0.29, 0.717) is 0 Å². The van der Waals surface area contributed by atoms with Crippen LogP contribution in [0.25, 0.3) is 0 Å². The molecule has 0 saturated heterocycles. The van der Waals surface area contributed by atoms with E-state index in [4.69, 9.17) is 9.47 Å². The quantitative estimate of drug-likeness (QED) is 0.588. The molecule has 1 aromatic rings. The Morgan fingerprint density at radius 3 is 2.06 bits per heavy atom. The summed E-state index contributed by atoms with van der Waals surface area (Å²) in [7, 11) is 3.28. The summed E-state index contributed by atoms with van der Waals surface area (Å²) in [5.74, 6) is 1.56. The third-order valence-corrected chi connectivity index (χ3v) is 1.91. The van der Waals surface area contributed by atoms with E-state index >= 15 is 0 Å². The second-order valence-corrected chi connectivity index (χ2v) is 2.79. The maximum Gasteiger partial charge on any atom is 0.160 e. The molecule has 0 unspecified atom stereocenters. The van der Waals surface area contributed by atoms with Crippen LogP contribution in [0.1, 0.15) is 5.56 Å². The van der Waals surface area contributed by atoms with Crippen molar-refractivity contribution in [1.82, 2.24) is 0 Å². The van der Waals surface area contributed by atoms with Crippen molar-refractivity contribution in [2.45, 2.75) is 6.42 Å². The molecule has 0 fully saturated rings. The van der Waals surface area contributed by atoms with E-state index in [1.807, 2.05) is 18.2 Å². The van der Waals surface area contributed by atoms with E-state index in [2.05, 4.69) is 5.73 Å². The molecule has 0 heterocycles. The number of benzene rings is 1. The fourth-order valence-electron chi connectivity index (χ4n) is 1.24. The molecule has 7 N–H and O–H groups in total. The lowest BCUT2D eigenvalue weighted by Gasteiger charge is -2.08. The van der Waals surface area contributed by atoms with Gasteiger partial charge in [-0.25, -0.2) is 0 Å². The van der Waals surface area contributed by atoms with Crippen LogP contribution >= 0.6 is 0 Å². The molecule has 6 heteroatoms. The van der Waals surface area contributed by atoms with Gasteiger partial charge in [-0.15, -0.1) is 0 Å². The Kier molecular flexibility index (Phi) is 13.4. The van der Waals surface area contributed by atoms with E-state index in [1.165, 1.54) is 5.56 Å². The van der Waals surface area contributed by atoms with E-state index in [-0.39, 0.29) is 23.4 Å². The molecule has 0 radical (unpaired) electrons. The molecule has 96 valence electrons. The lowest BCUT2D eigenvalue weighted by Crippen LogP contribution is -3.00. The monoisotopic (exact) mass is 253 g/mol. The minimum atomic E-state index is 0. The number of methoxy groups -OCH3 is 2. The lowest BCUT2D eigenvalue weighted by atomic mass is 10.1. The van der Waals surface area contributed by atoms with Crippen LogP contribution in [0.2, 0.25) is 0 Å². The summed E-state index contributed by atoms with van der Waals surface area (Å²) < 4.78 is 10.3. The zero-order chi connectivity index (χ0) is 9.68. The molecule has 0 atom stereocenters. The van der Waals surface area contributed by atoms with Crippen molar-refractivity contribution in [3.8, 4) is 11.5 Å². The van der Waals surface area contributed by atoms with Gasteiger partial charge in [0.05, 0.1) is 20.8 Å². The van der Waals surface area contributed by atoms with Crippen LogP contribution in [0.4, 0.5) is 0 Å². The van der Waals surface area contributed by atoms with Crippen molar-refractivity contribution >= 4 is 0 Å². The number of rotatable bonds is 4. The van der Waals surface area contributed by atoms with Crippen LogP contribution in [0.3, 0.4) is 0 Å². The second kappa shape index (κ2) is 10.5. The van der Waals surface area contributed by atoms with Crippen molar-refractivity contribution in [3.63, 3.8) is 0 Å². The van der Waals surface area contributed by atoms with Crippen molar-refractivity contribution in [2.75, 3.05) is 20.8 Å². The summed E-state index contributed by atoms with van der Waals surface area (Å²) in [4.78, 5) is 0. The first-order valence-electron chi connectivity index (χ1n) is 4.32. The first-order chi connectivity index (χ1) is 6.31. The average molecular weight is 254 g/mol. The van der Waals surface area contributed by atoms with Crippen LogP contribution in [0, 0.1) is 0 Å². The Bertz CT molecular complexity index is 284. The maximum atomic E-state index is 5.18. The number of hydrogen-bond donors (Lipinski definition) is 1. The molecule has 0 bridgehead atoms.